The van der Waals surface area contributed by atoms with E-state index in [4.69, 9.17) is 4.74 Å². The summed E-state index contributed by atoms with van der Waals surface area (Å²) in [6.07, 6.45) is 1.56. The predicted octanol–water partition coefficient (Wildman–Crippen LogP) is 5.36. The molecule has 1 atom stereocenters. The number of amides is 1. The number of benzene rings is 3. The number of sulfonamides is 1. The first-order valence-corrected chi connectivity index (χ1v) is 13.3. The summed E-state index contributed by atoms with van der Waals surface area (Å²) in [5, 5.41) is 3.06. The van der Waals surface area contributed by atoms with Crippen molar-refractivity contribution in [3.05, 3.63) is 90.0 Å². The van der Waals surface area contributed by atoms with Crippen LogP contribution < -0.4 is 14.4 Å². The van der Waals surface area contributed by atoms with E-state index in [9.17, 15) is 13.2 Å². The van der Waals surface area contributed by atoms with Crippen LogP contribution in [0, 0.1) is 5.92 Å². The molecule has 0 aliphatic heterocycles. The number of carbonyl (C=O) groups excluding carboxylic acids is 1. The topological polar surface area (TPSA) is 75.7 Å². The van der Waals surface area contributed by atoms with Gasteiger partial charge in [-0.3, -0.25) is 9.10 Å². The number of aryl methyl sites for hydroxylation is 1. The second-order valence-electron chi connectivity index (χ2n) is 8.87. The summed E-state index contributed by atoms with van der Waals surface area (Å²) in [6.45, 7) is 5.89. The van der Waals surface area contributed by atoms with Crippen LogP contribution in [0.15, 0.2) is 83.8 Å². The lowest BCUT2D eigenvalue weighted by Gasteiger charge is -2.27. The fraction of sp³-hybridized carbons (Fsp3) is 0.321. The Bertz CT molecular complexity index is 1190. The average molecular weight is 495 g/mol. The molecule has 1 unspecified atom stereocenters. The highest BCUT2D eigenvalue weighted by Crippen LogP contribution is 2.26. The largest absolute Gasteiger partial charge is 0.497 e. The molecule has 0 fully saturated rings. The first-order chi connectivity index (χ1) is 16.7. The third kappa shape index (κ3) is 6.85. The molecular weight excluding hydrogens is 460 g/mol. The first-order valence-electron chi connectivity index (χ1n) is 11.8. The quantitative estimate of drug-likeness (QED) is 0.390. The number of nitrogens with zero attached hydrogens (tertiary/aromatic N) is 1. The maximum absolute atomic E-state index is 13.6. The second-order valence-corrected chi connectivity index (χ2v) is 10.7. The highest BCUT2D eigenvalue weighted by molar-refractivity contribution is 7.92. The number of hydrogen-bond acceptors (Lipinski definition) is 4. The summed E-state index contributed by atoms with van der Waals surface area (Å²) in [4.78, 5) is 13.4. The van der Waals surface area contributed by atoms with E-state index in [1.54, 1.807) is 49.6 Å². The number of carbonyl (C=O) groups is 1. The van der Waals surface area contributed by atoms with Gasteiger partial charge in [0.25, 0.3) is 10.0 Å². The van der Waals surface area contributed by atoms with Crippen LogP contribution in [0.3, 0.4) is 0 Å². The Morgan fingerprint density at radius 1 is 0.943 bits per heavy atom. The van der Waals surface area contributed by atoms with Gasteiger partial charge in [0.2, 0.25) is 5.91 Å². The van der Waals surface area contributed by atoms with Gasteiger partial charge in [-0.2, -0.15) is 0 Å². The minimum Gasteiger partial charge on any atom is -0.497 e. The minimum atomic E-state index is -3.95. The van der Waals surface area contributed by atoms with Crippen molar-refractivity contribution in [3.63, 3.8) is 0 Å². The third-order valence-electron chi connectivity index (χ3n) is 5.81. The average Bonchev–Trinajstić information content (AvgIpc) is 2.87. The molecular formula is C28H34N2O4S. The molecule has 3 aromatic carbocycles. The van der Waals surface area contributed by atoms with E-state index >= 15 is 0 Å². The van der Waals surface area contributed by atoms with Crippen LogP contribution in [-0.4, -0.2) is 28.0 Å². The fourth-order valence-corrected chi connectivity index (χ4v) is 5.33. The molecule has 0 saturated heterocycles. The summed E-state index contributed by atoms with van der Waals surface area (Å²) in [7, 11) is -2.34. The van der Waals surface area contributed by atoms with Gasteiger partial charge in [0.05, 0.1) is 23.7 Å². The van der Waals surface area contributed by atoms with Crippen LogP contribution in [0.4, 0.5) is 5.69 Å². The van der Waals surface area contributed by atoms with Crippen LogP contribution >= 0.6 is 0 Å². The molecule has 0 saturated carbocycles. The number of methoxy groups -OCH3 is 1. The van der Waals surface area contributed by atoms with Crippen molar-refractivity contribution < 1.29 is 17.9 Å². The van der Waals surface area contributed by atoms with Crippen LogP contribution in [-0.2, 0) is 21.2 Å². The molecule has 1 amide bonds. The van der Waals surface area contributed by atoms with Gasteiger partial charge in [0.1, 0.15) is 12.3 Å². The Morgan fingerprint density at radius 3 is 2.11 bits per heavy atom. The zero-order valence-electron chi connectivity index (χ0n) is 20.8. The van der Waals surface area contributed by atoms with Crippen molar-refractivity contribution in [3.8, 4) is 5.75 Å². The molecule has 186 valence electrons. The van der Waals surface area contributed by atoms with Gasteiger partial charge in [-0.25, -0.2) is 8.42 Å². The number of anilines is 1. The van der Waals surface area contributed by atoms with Gasteiger partial charge in [-0.05, 0) is 66.3 Å². The molecule has 1 N–H and O–H groups in total. The summed E-state index contributed by atoms with van der Waals surface area (Å²) < 4.78 is 33.5. The van der Waals surface area contributed by atoms with Gasteiger partial charge >= 0.3 is 0 Å². The second kappa shape index (κ2) is 11.9. The van der Waals surface area contributed by atoms with Crippen LogP contribution in [0.2, 0.25) is 0 Å². The Balaban J connectivity index is 1.90. The van der Waals surface area contributed by atoms with Gasteiger partial charge in [-0.1, -0.05) is 63.2 Å². The Morgan fingerprint density at radius 2 is 1.57 bits per heavy atom. The van der Waals surface area contributed by atoms with E-state index < -0.39 is 10.0 Å². The van der Waals surface area contributed by atoms with Gasteiger partial charge in [0.15, 0.2) is 0 Å². The summed E-state index contributed by atoms with van der Waals surface area (Å²) in [5.41, 5.74) is 2.48. The zero-order chi connectivity index (χ0) is 25.4. The molecule has 6 nitrogen and oxygen atoms in total. The maximum Gasteiger partial charge on any atom is 0.264 e. The highest BCUT2D eigenvalue weighted by atomic mass is 32.2. The molecule has 3 aromatic rings. The van der Waals surface area contributed by atoms with Crippen molar-refractivity contribution >= 4 is 21.6 Å². The molecule has 0 radical (unpaired) electrons. The van der Waals surface area contributed by atoms with Gasteiger partial charge in [-0.15, -0.1) is 0 Å². The van der Waals surface area contributed by atoms with E-state index in [0.29, 0.717) is 18.0 Å². The lowest BCUT2D eigenvalue weighted by atomic mass is 9.97. The van der Waals surface area contributed by atoms with E-state index in [0.717, 1.165) is 23.3 Å². The van der Waals surface area contributed by atoms with Crippen molar-refractivity contribution in [1.29, 1.82) is 0 Å². The number of ether oxygens (including phenoxy) is 1. The Kier molecular flexibility index (Phi) is 8.93. The van der Waals surface area contributed by atoms with Crippen LogP contribution in [0.5, 0.6) is 5.75 Å². The molecule has 3 rings (SSSR count). The van der Waals surface area contributed by atoms with Crippen molar-refractivity contribution in [2.45, 2.75) is 44.6 Å². The molecule has 0 bridgehead atoms. The maximum atomic E-state index is 13.6. The van der Waals surface area contributed by atoms with Crippen molar-refractivity contribution in [2.24, 2.45) is 5.92 Å². The highest BCUT2D eigenvalue weighted by Gasteiger charge is 2.28. The monoisotopic (exact) mass is 494 g/mol. The molecule has 0 aromatic heterocycles. The molecule has 7 heteroatoms. The van der Waals surface area contributed by atoms with E-state index in [2.05, 4.69) is 19.2 Å². The van der Waals surface area contributed by atoms with Crippen LogP contribution in [0.25, 0.3) is 0 Å². The minimum absolute atomic E-state index is 0.140. The third-order valence-corrected chi connectivity index (χ3v) is 7.60. The van der Waals surface area contributed by atoms with Gasteiger partial charge in [0, 0.05) is 0 Å². The number of hydrogen-bond donors (Lipinski definition) is 1. The smallest absolute Gasteiger partial charge is 0.264 e. The molecule has 0 aliphatic rings. The van der Waals surface area contributed by atoms with E-state index in [-0.39, 0.29) is 23.4 Å². The summed E-state index contributed by atoms with van der Waals surface area (Å²) >= 11 is 0. The standard InChI is InChI=1S/C28H34N2O4S/c1-5-22-11-15-24(16-12-22)30(35(32,33)26-9-7-6-8-10-26)20-28(31)29-27(19-21(2)3)23-13-17-25(34-4)18-14-23/h6-18,21,27H,5,19-20H2,1-4H3,(H,29,31). The SMILES string of the molecule is CCc1ccc(N(CC(=O)NC(CC(C)C)c2ccc(OC)cc2)S(=O)(=O)c2ccccc2)cc1. The molecule has 0 spiro atoms. The molecule has 0 aliphatic carbocycles. The predicted molar refractivity (Wildman–Crippen MR) is 140 cm³/mol. The number of rotatable bonds is 11. The first kappa shape index (κ1) is 26.3. The normalized spacial score (nSPS) is 12.3. The summed E-state index contributed by atoms with van der Waals surface area (Å²) in [5.74, 6) is 0.692. The van der Waals surface area contributed by atoms with Crippen molar-refractivity contribution in [2.75, 3.05) is 18.0 Å². The Hall–Kier alpha value is -3.32. The fourth-order valence-electron chi connectivity index (χ4n) is 3.89. The molecule has 0 heterocycles. The van der Waals surface area contributed by atoms with Crippen LogP contribution in [0.1, 0.15) is 44.4 Å². The lowest BCUT2D eigenvalue weighted by molar-refractivity contribution is -0.120. The van der Waals surface area contributed by atoms with E-state index in [1.165, 1.54) is 4.31 Å². The Labute approximate surface area is 209 Å². The van der Waals surface area contributed by atoms with Gasteiger partial charge < -0.3 is 10.1 Å². The van der Waals surface area contributed by atoms with Crippen molar-refractivity contribution in [1.82, 2.24) is 5.32 Å². The molecule has 35 heavy (non-hydrogen) atoms. The lowest BCUT2D eigenvalue weighted by Crippen LogP contribution is -2.42. The number of nitrogens with one attached hydrogen (secondary N) is 1. The van der Waals surface area contributed by atoms with E-state index in [1.807, 2.05) is 43.3 Å². The summed E-state index contributed by atoms with van der Waals surface area (Å²) in [6, 6.07) is 22.8. The zero-order valence-corrected chi connectivity index (χ0v) is 21.6.